The second kappa shape index (κ2) is 21.7. The molecule has 2 unspecified atom stereocenters. The Balaban J connectivity index is 0.000000760. The third kappa shape index (κ3) is 16.8. The molecule has 2 atom stereocenters. The van der Waals surface area contributed by atoms with Crippen molar-refractivity contribution >= 4 is 35.0 Å². The SMILES string of the molecule is C=C(NC(=O)c1csc(C)n1)C(=O)NC(=C)C(=O)OC.CCCC(CCC(C)CC)CNC(=O)COCCOC. The van der Waals surface area contributed by atoms with Crippen molar-refractivity contribution < 1.29 is 33.4 Å². The van der Waals surface area contributed by atoms with Gasteiger partial charge in [-0.3, -0.25) is 14.4 Å². The van der Waals surface area contributed by atoms with Gasteiger partial charge in [-0.05, 0) is 31.6 Å². The van der Waals surface area contributed by atoms with Crippen molar-refractivity contribution in [3.63, 3.8) is 0 Å². The van der Waals surface area contributed by atoms with Crippen molar-refractivity contribution in [1.29, 1.82) is 0 Å². The third-order valence-electron chi connectivity index (χ3n) is 5.80. The average Bonchev–Trinajstić information content (AvgIpc) is 3.38. The highest BCUT2D eigenvalue weighted by Gasteiger charge is 2.17. The maximum absolute atomic E-state index is 11.7. The van der Waals surface area contributed by atoms with Crippen LogP contribution in [0.1, 0.15) is 68.4 Å². The van der Waals surface area contributed by atoms with Crippen molar-refractivity contribution in [2.75, 3.05) is 40.6 Å². The molecule has 0 aromatic carbocycles. The number of methoxy groups -OCH3 is 2. The molecule has 0 fully saturated rings. The van der Waals surface area contributed by atoms with Gasteiger partial charge in [0, 0.05) is 19.0 Å². The van der Waals surface area contributed by atoms with Crippen LogP contribution in [0, 0.1) is 18.8 Å². The van der Waals surface area contributed by atoms with Crippen molar-refractivity contribution in [1.82, 2.24) is 20.9 Å². The molecule has 0 aliphatic rings. The van der Waals surface area contributed by atoms with Crippen molar-refractivity contribution in [3.8, 4) is 0 Å². The lowest BCUT2D eigenvalue weighted by molar-refractivity contribution is -0.137. The monoisotopic (exact) mass is 582 g/mol. The number of hydrogen-bond acceptors (Lipinski definition) is 9. The molecule has 1 heterocycles. The van der Waals surface area contributed by atoms with Gasteiger partial charge in [-0.2, -0.15) is 0 Å². The number of rotatable bonds is 18. The zero-order valence-electron chi connectivity index (χ0n) is 24.7. The fraction of sp³-hybridized carbons (Fsp3) is 0.607. The summed E-state index contributed by atoms with van der Waals surface area (Å²) in [6.07, 6.45) is 6.04. The zero-order chi connectivity index (χ0) is 30.5. The maximum atomic E-state index is 11.7. The van der Waals surface area contributed by atoms with Gasteiger partial charge in [0.05, 0.1) is 31.0 Å². The van der Waals surface area contributed by atoms with Crippen LogP contribution in [-0.2, 0) is 28.6 Å². The first-order valence-electron chi connectivity index (χ1n) is 13.3. The van der Waals surface area contributed by atoms with Crippen molar-refractivity contribution in [3.05, 3.63) is 40.6 Å². The Bertz CT molecular complexity index is 964. The lowest BCUT2D eigenvalue weighted by Gasteiger charge is -2.18. The Morgan fingerprint density at radius 2 is 1.73 bits per heavy atom. The van der Waals surface area contributed by atoms with Gasteiger partial charge in [0.15, 0.2) is 0 Å². The molecule has 0 radical (unpaired) electrons. The molecular formula is C28H46N4O7S. The summed E-state index contributed by atoms with van der Waals surface area (Å²) in [5, 5.41) is 9.70. The Morgan fingerprint density at radius 1 is 1.02 bits per heavy atom. The molecule has 12 heteroatoms. The molecule has 1 aromatic heterocycles. The van der Waals surface area contributed by atoms with Crippen LogP contribution in [0.4, 0.5) is 0 Å². The molecule has 0 spiro atoms. The van der Waals surface area contributed by atoms with Gasteiger partial charge in [-0.1, -0.05) is 53.2 Å². The Hall–Kier alpha value is -3.09. The van der Waals surface area contributed by atoms with Crippen LogP contribution in [0.25, 0.3) is 0 Å². The number of carbonyl (C=O) groups is 4. The largest absolute Gasteiger partial charge is 0.464 e. The highest BCUT2D eigenvalue weighted by Crippen LogP contribution is 2.18. The minimum Gasteiger partial charge on any atom is -0.464 e. The Kier molecular flexibility index (Phi) is 20.0. The highest BCUT2D eigenvalue weighted by molar-refractivity contribution is 7.09. The van der Waals surface area contributed by atoms with Gasteiger partial charge in [0.25, 0.3) is 11.8 Å². The minimum absolute atomic E-state index is 0.0225. The molecule has 226 valence electrons. The van der Waals surface area contributed by atoms with Crippen molar-refractivity contribution in [2.45, 2.75) is 59.8 Å². The van der Waals surface area contributed by atoms with Crippen LogP contribution in [0.15, 0.2) is 29.9 Å². The molecule has 40 heavy (non-hydrogen) atoms. The van der Waals surface area contributed by atoms with E-state index >= 15 is 0 Å². The number of ether oxygens (including phenoxy) is 3. The van der Waals surface area contributed by atoms with Crippen LogP contribution in [-0.4, -0.2) is 69.3 Å². The van der Waals surface area contributed by atoms with Crippen LogP contribution in [0.5, 0.6) is 0 Å². The van der Waals surface area contributed by atoms with Gasteiger partial charge in [0.1, 0.15) is 18.0 Å². The number of aromatic nitrogens is 1. The van der Waals surface area contributed by atoms with E-state index in [0.29, 0.717) is 19.1 Å². The Labute approximate surface area is 242 Å². The summed E-state index contributed by atoms with van der Waals surface area (Å²) in [5.74, 6) is -0.753. The molecule has 0 saturated carbocycles. The number of amides is 3. The van der Waals surface area contributed by atoms with E-state index in [1.807, 2.05) is 0 Å². The third-order valence-corrected chi connectivity index (χ3v) is 6.57. The van der Waals surface area contributed by atoms with Crippen LogP contribution >= 0.6 is 11.3 Å². The van der Waals surface area contributed by atoms with E-state index in [-0.39, 0.29) is 29.6 Å². The second-order valence-corrected chi connectivity index (χ2v) is 10.3. The lowest BCUT2D eigenvalue weighted by Crippen LogP contribution is -2.35. The van der Waals surface area contributed by atoms with E-state index in [2.05, 4.69) is 59.6 Å². The predicted octanol–water partition coefficient (Wildman–Crippen LogP) is 3.51. The maximum Gasteiger partial charge on any atom is 0.353 e. The molecule has 0 bridgehead atoms. The molecule has 0 aliphatic heterocycles. The van der Waals surface area contributed by atoms with Crippen LogP contribution in [0.2, 0.25) is 0 Å². The number of nitrogens with zero attached hydrogens (tertiary/aromatic N) is 1. The summed E-state index contributed by atoms with van der Waals surface area (Å²) in [6, 6.07) is 0. The number of hydrogen-bond donors (Lipinski definition) is 3. The second-order valence-electron chi connectivity index (χ2n) is 9.20. The predicted molar refractivity (Wildman–Crippen MR) is 156 cm³/mol. The first kappa shape index (κ1) is 36.9. The summed E-state index contributed by atoms with van der Waals surface area (Å²) in [5.41, 5.74) is -0.295. The first-order chi connectivity index (χ1) is 19.0. The topological polar surface area (TPSA) is 145 Å². The molecule has 1 rings (SSSR count). The molecular weight excluding hydrogens is 536 g/mol. The molecule has 3 amide bonds. The van der Waals surface area contributed by atoms with Gasteiger partial charge < -0.3 is 30.2 Å². The van der Waals surface area contributed by atoms with E-state index in [1.165, 1.54) is 43.4 Å². The standard InChI is InChI=1S/C16H33NO3.C12H13N3O4S/c1-5-7-15(9-8-14(3)6-2)12-17-16(18)13-20-11-10-19-4;1-6(10(16)14-7(2)12(18)19-4)13-11(17)9-5-20-8(3)15-9/h14-15H,5-13H2,1-4H3,(H,17,18);5H,1-2H2,3-4H3,(H,13,17)(H,14,16). The summed E-state index contributed by atoms with van der Waals surface area (Å²) < 4.78 is 14.4. The first-order valence-corrected chi connectivity index (χ1v) is 14.2. The number of esters is 1. The van der Waals surface area contributed by atoms with E-state index in [0.717, 1.165) is 24.6 Å². The molecule has 3 N–H and O–H groups in total. The van der Waals surface area contributed by atoms with E-state index in [4.69, 9.17) is 9.47 Å². The lowest BCUT2D eigenvalue weighted by atomic mass is 9.92. The molecule has 11 nitrogen and oxygen atoms in total. The van der Waals surface area contributed by atoms with E-state index in [1.54, 1.807) is 19.4 Å². The van der Waals surface area contributed by atoms with Gasteiger partial charge in [0.2, 0.25) is 5.91 Å². The summed E-state index contributed by atoms with van der Waals surface area (Å²) in [4.78, 5) is 50.0. The quantitative estimate of drug-likeness (QED) is 0.135. The summed E-state index contributed by atoms with van der Waals surface area (Å²) in [6.45, 7) is 17.1. The number of aryl methyl sites for hydroxylation is 1. The van der Waals surface area contributed by atoms with Crippen molar-refractivity contribution in [2.24, 2.45) is 11.8 Å². The smallest absolute Gasteiger partial charge is 0.353 e. The van der Waals surface area contributed by atoms with E-state index < -0.39 is 17.8 Å². The molecule has 1 aromatic rings. The fourth-order valence-corrected chi connectivity index (χ4v) is 3.80. The minimum atomic E-state index is -0.785. The van der Waals surface area contributed by atoms with Gasteiger partial charge >= 0.3 is 5.97 Å². The van der Waals surface area contributed by atoms with Crippen LogP contribution in [0.3, 0.4) is 0 Å². The fourth-order valence-electron chi connectivity index (χ4n) is 3.21. The van der Waals surface area contributed by atoms with Crippen LogP contribution < -0.4 is 16.0 Å². The normalized spacial score (nSPS) is 11.8. The zero-order valence-corrected chi connectivity index (χ0v) is 25.5. The highest BCUT2D eigenvalue weighted by atomic mass is 32.1. The average molecular weight is 583 g/mol. The Morgan fingerprint density at radius 3 is 2.27 bits per heavy atom. The number of carbonyl (C=O) groups excluding carboxylic acids is 4. The molecule has 0 aliphatic carbocycles. The number of thiazole rings is 1. The number of nitrogens with one attached hydrogen (secondary N) is 3. The summed E-state index contributed by atoms with van der Waals surface area (Å²) in [7, 11) is 2.77. The molecule has 0 saturated heterocycles. The van der Waals surface area contributed by atoms with Gasteiger partial charge in [-0.15, -0.1) is 11.3 Å². The van der Waals surface area contributed by atoms with E-state index in [9.17, 15) is 19.2 Å². The summed E-state index contributed by atoms with van der Waals surface area (Å²) >= 11 is 1.31. The van der Waals surface area contributed by atoms with Gasteiger partial charge in [-0.25, -0.2) is 9.78 Å².